The Morgan fingerprint density at radius 3 is 1.75 bits per heavy atom. The molecule has 6 aromatic carbocycles. The van der Waals surface area contributed by atoms with Crippen LogP contribution in [0.25, 0.3) is 11.1 Å². The van der Waals surface area contributed by atoms with E-state index in [9.17, 15) is 9.90 Å². The fourth-order valence-corrected chi connectivity index (χ4v) is 7.20. The Morgan fingerprint density at radius 1 is 0.582 bits per heavy atom. The maximum absolute atomic E-state index is 12.6. The summed E-state index contributed by atoms with van der Waals surface area (Å²) in [6, 6.07) is 55.5. The minimum absolute atomic E-state index is 0.00480. The van der Waals surface area contributed by atoms with Crippen molar-refractivity contribution in [1.82, 2.24) is 15.5 Å². The van der Waals surface area contributed by atoms with Crippen molar-refractivity contribution in [2.24, 2.45) is 5.92 Å². The van der Waals surface area contributed by atoms with Gasteiger partial charge in [0.25, 0.3) is 0 Å². The first kappa shape index (κ1) is 37.7. The van der Waals surface area contributed by atoms with Gasteiger partial charge in [-0.15, -0.1) is 0 Å². The average molecular weight is 732 g/mol. The molecule has 0 spiro atoms. The predicted octanol–water partition coefficient (Wildman–Crippen LogP) is 9.34. The largest absolute Gasteiger partial charge is 0.392 e. The van der Waals surface area contributed by atoms with Crippen LogP contribution in [0.4, 0.5) is 4.79 Å². The molecule has 1 fully saturated rings. The van der Waals surface area contributed by atoms with Crippen LogP contribution in [0.1, 0.15) is 58.3 Å². The van der Waals surface area contributed by atoms with Gasteiger partial charge >= 0.3 is 6.03 Å². The van der Waals surface area contributed by atoms with Crippen molar-refractivity contribution in [3.8, 4) is 11.1 Å². The molecule has 3 N–H and O–H groups in total. The van der Waals surface area contributed by atoms with E-state index in [1.54, 1.807) is 0 Å². The summed E-state index contributed by atoms with van der Waals surface area (Å²) in [5.41, 5.74) is 9.50. The first-order valence-corrected chi connectivity index (χ1v) is 19.1. The predicted molar refractivity (Wildman–Crippen MR) is 217 cm³/mol. The highest BCUT2D eigenvalue weighted by Crippen LogP contribution is 2.42. The van der Waals surface area contributed by atoms with Crippen LogP contribution >= 0.6 is 0 Å². The van der Waals surface area contributed by atoms with Gasteiger partial charge in [0.2, 0.25) is 0 Å². The number of carbonyl (C=O) groups excluding carboxylic acids is 1. The Morgan fingerprint density at radius 2 is 1.13 bits per heavy atom. The molecule has 55 heavy (non-hydrogen) atoms. The number of carbonyl (C=O) groups is 1. The number of rotatable bonds is 14. The van der Waals surface area contributed by atoms with Crippen molar-refractivity contribution in [2.75, 3.05) is 6.54 Å². The third-order valence-electron chi connectivity index (χ3n) is 10.2. The number of aliphatic hydroxyl groups excluding tert-OH is 1. The maximum atomic E-state index is 12.6. The molecule has 0 aromatic heterocycles. The zero-order valence-corrected chi connectivity index (χ0v) is 31.3. The van der Waals surface area contributed by atoms with Gasteiger partial charge in [-0.05, 0) is 56.6 Å². The number of nitrogens with zero attached hydrogens (tertiary/aromatic N) is 1. The normalized spacial score (nSPS) is 18.2. The summed E-state index contributed by atoms with van der Waals surface area (Å²) >= 11 is 0. The van der Waals surface area contributed by atoms with E-state index in [0.717, 1.165) is 52.0 Å². The van der Waals surface area contributed by atoms with Crippen LogP contribution in [0.15, 0.2) is 164 Å². The van der Waals surface area contributed by atoms with Crippen LogP contribution < -0.4 is 10.6 Å². The quantitative estimate of drug-likeness (QED) is 0.104. The highest BCUT2D eigenvalue weighted by atomic mass is 16.7. The fraction of sp³-hybridized carbons (Fsp3) is 0.229. The zero-order chi connectivity index (χ0) is 37.8. The van der Waals surface area contributed by atoms with Crippen molar-refractivity contribution in [1.29, 1.82) is 0 Å². The molecule has 0 unspecified atom stereocenters. The number of amides is 2. The van der Waals surface area contributed by atoms with E-state index in [1.807, 2.05) is 54.6 Å². The lowest BCUT2D eigenvalue weighted by atomic mass is 9.89. The third-order valence-corrected chi connectivity index (χ3v) is 10.2. The summed E-state index contributed by atoms with van der Waals surface area (Å²) in [7, 11) is 0. The summed E-state index contributed by atoms with van der Waals surface area (Å²) in [4.78, 5) is 15.0. The second-order valence-electron chi connectivity index (χ2n) is 14.3. The third kappa shape index (κ3) is 10.4. The molecule has 1 heterocycles. The van der Waals surface area contributed by atoms with Crippen molar-refractivity contribution in [3.63, 3.8) is 0 Å². The number of hydrogen-bond acceptors (Lipinski definition) is 5. The van der Waals surface area contributed by atoms with Crippen LogP contribution in [0.5, 0.6) is 0 Å². The maximum Gasteiger partial charge on any atom is 0.315 e. The standard InChI is InChI=1S/C48H49N3O4/c1-35-45(33-51(31-37-15-7-3-8-16-37)32-38-17-9-4-10-18-38)54-47(55-46(35)41-25-23-39(34-52)24-26-41)44-22-12-21-43(28-44)42-20-11-19-40(27-42)30-50-48(53)49-29-36-13-5-2-6-14-36/h2-28,35,45-47,52H,29-34H2,1H3,(H2,49,50,53)/t35-,45+,46+,47+/m0/s1. The number of aliphatic hydroxyl groups is 1. The van der Waals surface area contributed by atoms with Crippen LogP contribution in [-0.2, 0) is 42.3 Å². The summed E-state index contributed by atoms with van der Waals surface area (Å²) in [6.07, 6.45) is -0.963. The molecule has 0 radical (unpaired) electrons. The summed E-state index contributed by atoms with van der Waals surface area (Å²) in [5.74, 6) is 0.0440. The Bertz CT molecular complexity index is 2050. The molecule has 7 nitrogen and oxygen atoms in total. The van der Waals surface area contributed by atoms with Crippen LogP contribution in [-0.4, -0.2) is 28.7 Å². The molecule has 4 atom stereocenters. The summed E-state index contributed by atoms with van der Waals surface area (Å²) in [6.45, 7) is 5.38. The van der Waals surface area contributed by atoms with Crippen molar-refractivity contribution < 1.29 is 19.4 Å². The Kier molecular flexibility index (Phi) is 12.8. The topological polar surface area (TPSA) is 83.1 Å². The second kappa shape index (κ2) is 18.7. The molecule has 7 heteroatoms. The Labute approximate surface area is 324 Å². The van der Waals surface area contributed by atoms with E-state index in [-0.39, 0.29) is 30.8 Å². The lowest BCUT2D eigenvalue weighted by Gasteiger charge is -2.43. The molecule has 1 saturated heterocycles. The van der Waals surface area contributed by atoms with Gasteiger partial charge in [0.1, 0.15) is 0 Å². The average Bonchev–Trinajstić information content (AvgIpc) is 3.24. The smallest absolute Gasteiger partial charge is 0.315 e. The lowest BCUT2D eigenvalue weighted by Crippen LogP contribution is -2.44. The van der Waals surface area contributed by atoms with E-state index < -0.39 is 6.29 Å². The first-order chi connectivity index (χ1) is 27.0. The van der Waals surface area contributed by atoms with Gasteiger partial charge < -0.3 is 25.2 Å². The van der Waals surface area contributed by atoms with Crippen molar-refractivity contribution in [2.45, 2.75) is 58.2 Å². The zero-order valence-electron chi connectivity index (χ0n) is 31.3. The highest BCUT2D eigenvalue weighted by Gasteiger charge is 2.39. The molecule has 7 rings (SSSR count). The van der Waals surface area contributed by atoms with E-state index >= 15 is 0 Å². The number of benzene rings is 6. The summed E-state index contributed by atoms with van der Waals surface area (Å²) in [5, 5.41) is 15.7. The van der Waals surface area contributed by atoms with Gasteiger partial charge in [-0.3, -0.25) is 4.90 Å². The molecule has 2 amide bonds. The lowest BCUT2D eigenvalue weighted by molar-refractivity contribution is -0.276. The molecule has 1 aliphatic heterocycles. The van der Waals surface area contributed by atoms with E-state index in [0.29, 0.717) is 19.6 Å². The van der Waals surface area contributed by atoms with Gasteiger partial charge in [-0.25, -0.2) is 4.79 Å². The van der Waals surface area contributed by atoms with E-state index in [4.69, 9.17) is 9.47 Å². The molecule has 0 bridgehead atoms. The minimum atomic E-state index is -0.600. The summed E-state index contributed by atoms with van der Waals surface area (Å²) < 4.78 is 13.8. The fourth-order valence-electron chi connectivity index (χ4n) is 7.20. The second-order valence-corrected chi connectivity index (χ2v) is 14.3. The SMILES string of the molecule is C[C@H]1[C@@H](CN(Cc2ccccc2)Cc2ccccc2)O[C@@H](c2cccc(-c3cccc(CNC(=O)NCc4ccccc4)c3)c2)O[C@H]1c1ccc(CO)cc1. The van der Waals surface area contributed by atoms with Gasteiger partial charge in [-0.2, -0.15) is 0 Å². The highest BCUT2D eigenvalue weighted by molar-refractivity contribution is 5.74. The monoisotopic (exact) mass is 731 g/mol. The number of nitrogens with one attached hydrogen (secondary N) is 2. The number of ether oxygens (including phenoxy) is 2. The van der Waals surface area contributed by atoms with Gasteiger partial charge in [0.05, 0.1) is 18.8 Å². The van der Waals surface area contributed by atoms with Gasteiger partial charge in [0.15, 0.2) is 6.29 Å². The molecule has 6 aromatic rings. The van der Waals surface area contributed by atoms with Crippen molar-refractivity contribution >= 4 is 6.03 Å². The molecule has 0 saturated carbocycles. The van der Waals surface area contributed by atoms with Gasteiger partial charge in [-0.1, -0.05) is 159 Å². The van der Waals surface area contributed by atoms with E-state index in [1.165, 1.54) is 11.1 Å². The van der Waals surface area contributed by atoms with Crippen LogP contribution in [0, 0.1) is 5.92 Å². The van der Waals surface area contributed by atoms with Crippen molar-refractivity contribution in [3.05, 3.63) is 203 Å². The molecular formula is C48H49N3O4. The van der Waals surface area contributed by atoms with E-state index in [2.05, 4.69) is 132 Å². The Balaban J connectivity index is 1.11. The Hall–Kier alpha value is -5.57. The van der Waals surface area contributed by atoms with Crippen LogP contribution in [0.2, 0.25) is 0 Å². The molecular weight excluding hydrogens is 683 g/mol. The molecule has 1 aliphatic rings. The number of urea groups is 1. The van der Waals surface area contributed by atoms with Crippen LogP contribution in [0.3, 0.4) is 0 Å². The minimum Gasteiger partial charge on any atom is -0.392 e. The first-order valence-electron chi connectivity index (χ1n) is 19.1. The molecule has 0 aliphatic carbocycles. The van der Waals surface area contributed by atoms with Gasteiger partial charge in [0, 0.05) is 44.2 Å². The molecule has 280 valence electrons. The number of hydrogen-bond donors (Lipinski definition) is 3.